The molecule has 0 aliphatic carbocycles. The van der Waals surface area contributed by atoms with Gasteiger partial charge in [0.05, 0.1) is 7.11 Å². The van der Waals surface area contributed by atoms with Gasteiger partial charge in [-0.15, -0.1) is 0 Å². The summed E-state index contributed by atoms with van der Waals surface area (Å²) in [5.41, 5.74) is 1.00. The van der Waals surface area contributed by atoms with E-state index in [0.29, 0.717) is 6.42 Å². The highest BCUT2D eigenvalue weighted by Crippen LogP contribution is 2.19. The lowest BCUT2D eigenvalue weighted by Crippen LogP contribution is -2.33. The Kier molecular flexibility index (Phi) is 3.78. The van der Waals surface area contributed by atoms with Gasteiger partial charge < -0.3 is 10.1 Å². The van der Waals surface area contributed by atoms with Gasteiger partial charge >= 0.3 is 0 Å². The molecule has 1 aromatic carbocycles. The standard InChI is InChI=1S/C13H18FNO/c1-16-11-5-2-4-10(8-11)9-12(14)13-6-3-7-15-13/h2,4-5,8,12-13,15H,3,6-7,9H2,1H3. The monoisotopic (exact) mass is 223 g/mol. The molecule has 1 heterocycles. The molecule has 0 radical (unpaired) electrons. The van der Waals surface area contributed by atoms with Crippen LogP contribution in [-0.4, -0.2) is 25.9 Å². The third-order valence-electron chi connectivity index (χ3n) is 3.10. The Morgan fingerprint density at radius 2 is 2.44 bits per heavy atom. The maximum Gasteiger partial charge on any atom is 0.119 e. The SMILES string of the molecule is COc1cccc(CC(F)C2CCCN2)c1. The zero-order valence-corrected chi connectivity index (χ0v) is 9.58. The first-order valence-corrected chi connectivity index (χ1v) is 5.80. The number of nitrogens with one attached hydrogen (secondary N) is 1. The van der Waals surface area contributed by atoms with Gasteiger partial charge in [-0.05, 0) is 37.1 Å². The number of hydrogen-bond acceptors (Lipinski definition) is 2. The van der Waals surface area contributed by atoms with E-state index in [4.69, 9.17) is 4.74 Å². The molecule has 2 rings (SSSR count). The van der Waals surface area contributed by atoms with E-state index in [2.05, 4.69) is 5.32 Å². The Labute approximate surface area is 95.8 Å². The third kappa shape index (κ3) is 2.73. The fourth-order valence-electron chi connectivity index (χ4n) is 2.19. The summed E-state index contributed by atoms with van der Waals surface area (Å²) in [5.74, 6) is 0.795. The van der Waals surface area contributed by atoms with Crippen LogP contribution < -0.4 is 10.1 Å². The number of methoxy groups -OCH3 is 1. The molecule has 3 heteroatoms. The maximum atomic E-state index is 13.9. The number of alkyl halides is 1. The number of ether oxygens (including phenoxy) is 1. The average Bonchev–Trinajstić information content (AvgIpc) is 2.83. The van der Waals surface area contributed by atoms with Crippen LogP contribution in [0.4, 0.5) is 4.39 Å². The lowest BCUT2D eigenvalue weighted by Gasteiger charge is -2.16. The van der Waals surface area contributed by atoms with Gasteiger partial charge in [-0.1, -0.05) is 12.1 Å². The zero-order valence-electron chi connectivity index (χ0n) is 9.58. The minimum Gasteiger partial charge on any atom is -0.497 e. The van der Waals surface area contributed by atoms with Gasteiger partial charge in [0, 0.05) is 12.5 Å². The molecule has 0 amide bonds. The Balaban J connectivity index is 1.96. The molecule has 1 aromatic rings. The van der Waals surface area contributed by atoms with Crippen molar-refractivity contribution in [2.24, 2.45) is 0 Å². The van der Waals surface area contributed by atoms with E-state index in [1.54, 1.807) is 7.11 Å². The molecule has 0 saturated carbocycles. The van der Waals surface area contributed by atoms with E-state index in [0.717, 1.165) is 30.7 Å². The van der Waals surface area contributed by atoms with E-state index < -0.39 is 6.17 Å². The fraction of sp³-hybridized carbons (Fsp3) is 0.538. The van der Waals surface area contributed by atoms with Gasteiger partial charge in [0.2, 0.25) is 0 Å². The first-order valence-electron chi connectivity index (χ1n) is 5.80. The smallest absolute Gasteiger partial charge is 0.119 e. The van der Waals surface area contributed by atoms with Crippen LogP contribution in [0.5, 0.6) is 5.75 Å². The second-order valence-electron chi connectivity index (χ2n) is 4.27. The summed E-state index contributed by atoms with van der Waals surface area (Å²) in [7, 11) is 1.63. The first kappa shape index (κ1) is 11.4. The zero-order chi connectivity index (χ0) is 11.4. The van der Waals surface area contributed by atoms with Gasteiger partial charge in [-0.2, -0.15) is 0 Å². The van der Waals surface area contributed by atoms with Crippen LogP contribution in [0.2, 0.25) is 0 Å². The number of halogens is 1. The highest BCUT2D eigenvalue weighted by Gasteiger charge is 2.24. The van der Waals surface area contributed by atoms with Crippen molar-refractivity contribution in [2.45, 2.75) is 31.5 Å². The van der Waals surface area contributed by atoms with Crippen molar-refractivity contribution in [3.05, 3.63) is 29.8 Å². The largest absolute Gasteiger partial charge is 0.497 e. The average molecular weight is 223 g/mol. The van der Waals surface area contributed by atoms with Crippen molar-refractivity contribution in [3.8, 4) is 5.75 Å². The van der Waals surface area contributed by atoms with Gasteiger partial charge in [-0.25, -0.2) is 4.39 Å². The van der Waals surface area contributed by atoms with E-state index in [9.17, 15) is 4.39 Å². The summed E-state index contributed by atoms with van der Waals surface area (Å²) in [6, 6.07) is 7.67. The van der Waals surface area contributed by atoms with Gasteiger partial charge in [0.1, 0.15) is 11.9 Å². The number of benzene rings is 1. The molecule has 0 bridgehead atoms. The molecule has 1 N–H and O–H groups in total. The molecule has 1 aliphatic rings. The Morgan fingerprint density at radius 3 is 3.12 bits per heavy atom. The highest BCUT2D eigenvalue weighted by molar-refractivity contribution is 5.29. The Hall–Kier alpha value is -1.09. The topological polar surface area (TPSA) is 21.3 Å². The van der Waals surface area contributed by atoms with E-state index in [1.807, 2.05) is 24.3 Å². The van der Waals surface area contributed by atoms with Gasteiger partial charge in [0.15, 0.2) is 0 Å². The van der Waals surface area contributed by atoms with Crippen LogP contribution in [0, 0.1) is 0 Å². The molecule has 88 valence electrons. The van der Waals surface area contributed by atoms with Crippen molar-refractivity contribution in [1.82, 2.24) is 5.32 Å². The third-order valence-corrected chi connectivity index (χ3v) is 3.10. The van der Waals surface area contributed by atoms with Crippen LogP contribution in [0.15, 0.2) is 24.3 Å². The van der Waals surface area contributed by atoms with E-state index in [1.165, 1.54) is 0 Å². The van der Waals surface area contributed by atoms with Crippen LogP contribution in [0.1, 0.15) is 18.4 Å². The van der Waals surface area contributed by atoms with Crippen LogP contribution in [0.25, 0.3) is 0 Å². The fourth-order valence-corrected chi connectivity index (χ4v) is 2.19. The van der Waals surface area contributed by atoms with Crippen molar-refractivity contribution in [2.75, 3.05) is 13.7 Å². The van der Waals surface area contributed by atoms with Gasteiger partial charge in [-0.3, -0.25) is 0 Å². The molecule has 2 atom stereocenters. The molecule has 2 unspecified atom stereocenters. The second kappa shape index (κ2) is 5.30. The van der Waals surface area contributed by atoms with E-state index >= 15 is 0 Å². The molecule has 1 fully saturated rings. The van der Waals surface area contributed by atoms with Crippen molar-refractivity contribution < 1.29 is 9.13 Å². The molecular weight excluding hydrogens is 205 g/mol. The minimum atomic E-state index is -0.797. The Bertz CT molecular complexity index is 336. The van der Waals surface area contributed by atoms with Crippen molar-refractivity contribution in [3.63, 3.8) is 0 Å². The van der Waals surface area contributed by atoms with E-state index in [-0.39, 0.29) is 6.04 Å². The molecule has 0 spiro atoms. The molecular formula is C13H18FNO. The normalized spacial score (nSPS) is 22.0. The molecule has 1 aliphatic heterocycles. The predicted octanol–water partition coefficient (Wildman–Crippen LogP) is 2.33. The molecule has 16 heavy (non-hydrogen) atoms. The summed E-state index contributed by atoms with van der Waals surface area (Å²) in [4.78, 5) is 0. The molecule has 0 aromatic heterocycles. The summed E-state index contributed by atoms with van der Waals surface area (Å²) in [6.07, 6.45) is 1.71. The highest BCUT2D eigenvalue weighted by atomic mass is 19.1. The van der Waals surface area contributed by atoms with Crippen molar-refractivity contribution in [1.29, 1.82) is 0 Å². The summed E-state index contributed by atoms with van der Waals surface area (Å²) in [5, 5.41) is 3.20. The lowest BCUT2D eigenvalue weighted by molar-refractivity contribution is 0.263. The summed E-state index contributed by atoms with van der Waals surface area (Å²) in [6.45, 7) is 0.948. The second-order valence-corrected chi connectivity index (χ2v) is 4.27. The van der Waals surface area contributed by atoms with Crippen LogP contribution >= 0.6 is 0 Å². The molecule has 1 saturated heterocycles. The predicted molar refractivity (Wildman–Crippen MR) is 62.6 cm³/mol. The van der Waals surface area contributed by atoms with Crippen LogP contribution in [0.3, 0.4) is 0 Å². The van der Waals surface area contributed by atoms with Gasteiger partial charge in [0.25, 0.3) is 0 Å². The number of hydrogen-bond donors (Lipinski definition) is 1. The Morgan fingerprint density at radius 1 is 1.56 bits per heavy atom. The first-order chi connectivity index (χ1) is 7.79. The number of rotatable bonds is 4. The summed E-state index contributed by atoms with van der Waals surface area (Å²) >= 11 is 0. The maximum absolute atomic E-state index is 13.9. The summed E-state index contributed by atoms with van der Waals surface area (Å²) < 4.78 is 19.0. The molecule has 2 nitrogen and oxygen atoms in total. The van der Waals surface area contributed by atoms with Crippen LogP contribution in [-0.2, 0) is 6.42 Å². The minimum absolute atomic E-state index is 0.0335. The van der Waals surface area contributed by atoms with Crippen molar-refractivity contribution >= 4 is 0 Å². The lowest BCUT2D eigenvalue weighted by atomic mass is 10.0. The quantitative estimate of drug-likeness (QED) is 0.846.